The van der Waals surface area contributed by atoms with Crippen molar-refractivity contribution in [2.24, 2.45) is 0 Å². The van der Waals surface area contributed by atoms with Gasteiger partial charge in [-0.25, -0.2) is 12.8 Å². The SMILES string of the molecule is Cc1c(C(=O)NNS(=O)(=O)c2ccc(F)cc2Cl)oc2ccccc12. The summed E-state index contributed by atoms with van der Waals surface area (Å²) in [6.45, 7) is 1.69. The van der Waals surface area contributed by atoms with E-state index in [9.17, 15) is 17.6 Å². The van der Waals surface area contributed by atoms with E-state index in [1.807, 2.05) is 4.83 Å². The van der Waals surface area contributed by atoms with Gasteiger partial charge in [-0.2, -0.15) is 0 Å². The molecule has 1 aromatic heterocycles. The maximum Gasteiger partial charge on any atom is 0.302 e. The summed E-state index contributed by atoms with van der Waals surface area (Å²) in [7, 11) is -4.18. The molecule has 0 aliphatic carbocycles. The zero-order valence-electron chi connectivity index (χ0n) is 12.8. The summed E-state index contributed by atoms with van der Waals surface area (Å²) in [5, 5.41) is 0.443. The smallest absolute Gasteiger partial charge is 0.302 e. The van der Waals surface area contributed by atoms with Crippen molar-refractivity contribution >= 4 is 38.5 Å². The topological polar surface area (TPSA) is 88.4 Å². The minimum Gasteiger partial charge on any atom is -0.451 e. The van der Waals surface area contributed by atoms with Crippen molar-refractivity contribution in [2.75, 3.05) is 0 Å². The van der Waals surface area contributed by atoms with Crippen LogP contribution >= 0.6 is 11.6 Å². The van der Waals surface area contributed by atoms with E-state index in [1.54, 1.807) is 31.2 Å². The van der Waals surface area contributed by atoms with Gasteiger partial charge in [0.2, 0.25) is 0 Å². The van der Waals surface area contributed by atoms with Gasteiger partial charge in [0.25, 0.3) is 10.0 Å². The maximum atomic E-state index is 13.0. The van der Waals surface area contributed by atoms with Crippen molar-refractivity contribution in [3.63, 3.8) is 0 Å². The molecule has 9 heteroatoms. The third kappa shape index (κ3) is 3.37. The molecular weight excluding hydrogens is 371 g/mol. The number of hydrogen-bond acceptors (Lipinski definition) is 4. The number of sulfonamides is 1. The Labute approximate surface area is 147 Å². The van der Waals surface area contributed by atoms with Gasteiger partial charge in [-0.15, -0.1) is 4.83 Å². The van der Waals surface area contributed by atoms with Crippen LogP contribution < -0.4 is 10.3 Å². The first-order valence-corrected chi connectivity index (χ1v) is 8.91. The summed E-state index contributed by atoms with van der Waals surface area (Å²) in [5.41, 5.74) is 3.14. The summed E-state index contributed by atoms with van der Waals surface area (Å²) < 4.78 is 42.9. The number of hydrogen-bond donors (Lipinski definition) is 2. The van der Waals surface area contributed by atoms with Crippen molar-refractivity contribution < 1.29 is 22.0 Å². The molecule has 3 aromatic rings. The largest absolute Gasteiger partial charge is 0.451 e. The quantitative estimate of drug-likeness (QED) is 0.678. The summed E-state index contributed by atoms with van der Waals surface area (Å²) in [6.07, 6.45) is 0. The standard InChI is InChI=1S/C16H12ClFN2O4S/c1-9-11-4-2-3-5-13(11)24-15(9)16(21)19-20-25(22,23)14-7-6-10(18)8-12(14)17/h2-8,20H,1H3,(H,19,21). The number of halogens is 2. The molecule has 3 rings (SSSR count). The molecule has 130 valence electrons. The first-order chi connectivity index (χ1) is 11.8. The number of para-hydroxylation sites is 1. The van der Waals surface area contributed by atoms with Crippen molar-refractivity contribution in [1.29, 1.82) is 0 Å². The summed E-state index contributed by atoms with van der Waals surface area (Å²) in [6, 6.07) is 9.85. The minimum absolute atomic E-state index is 0.0193. The summed E-state index contributed by atoms with van der Waals surface area (Å²) in [4.78, 5) is 13.8. The second-order valence-electron chi connectivity index (χ2n) is 5.19. The molecular formula is C16H12ClFN2O4S. The zero-order chi connectivity index (χ0) is 18.2. The Morgan fingerprint density at radius 1 is 1.20 bits per heavy atom. The molecule has 0 aliphatic heterocycles. The van der Waals surface area contributed by atoms with Gasteiger partial charge < -0.3 is 4.42 Å². The lowest BCUT2D eigenvalue weighted by atomic mass is 10.1. The van der Waals surface area contributed by atoms with Gasteiger partial charge in [0.05, 0.1) is 5.02 Å². The van der Waals surface area contributed by atoms with Crippen LogP contribution in [0.5, 0.6) is 0 Å². The molecule has 2 aromatic carbocycles. The second-order valence-corrected chi connectivity index (χ2v) is 7.24. The number of fused-ring (bicyclic) bond motifs is 1. The van der Waals surface area contributed by atoms with E-state index in [4.69, 9.17) is 16.0 Å². The molecule has 0 unspecified atom stereocenters. The van der Waals surface area contributed by atoms with Crippen LogP contribution in [0.4, 0.5) is 4.39 Å². The number of carbonyl (C=O) groups excluding carboxylic acids is 1. The predicted molar refractivity (Wildman–Crippen MR) is 90.1 cm³/mol. The molecule has 0 bridgehead atoms. The highest BCUT2D eigenvalue weighted by atomic mass is 35.5. The fourth-order valence-corrected chi connectivity index (χ4v) is 3.68. The van der Waals surface area contributed by atoms with Crippen molar-refractivity contribution in [3.8, 4) is 0 Å². The number of benzene rings is 2. The molecule has 6 nitrogen and oxygen atoms in total. The zero-order valence-corrected chi connectivity index (χ0v) is 14.4. The van der Waals surface area contributed by atoms with Gasteiger partial charge >= 0.3 is 5.91 Å². The van der Waals surface area contributed by atoms with Crippen LogP contribution in [0.25, 0.3) is 11.0 Å². The van der Waals surface area contributed by atoms with Crippen LogP contribution in [0.3, 0.4) is 0 Å². The molecule has 1 heterocycles. The van der Waals surface area contributed by atoms with E-state index >= 15 is 0 Å². The first kappa shape index (κ1) is 17.4. The van der Waals surface area contributed by atoms with Crippen LogP contribution in [0, 0.1) is 12.7 Å². The fraction of sp³-hybridized carbons (Fsp3) is 0.0625. The van der Waals surface area contributed by atoms with E-state index in [1.165, 1.54) is 0 Å². The van der Waals surface area contributed by atoms with Crippen molar-refractivity contribution in [3.05, 3.63) is 64.6 Å². The maximum absolute atomic E-state index is 13.0. The molecule has 0 fully saturated rings. The van der Waals surface area contributed by atoms with Gasteiger partial charge in [0.15, 0.2) is 5.76 Å². The van der Waals surface area contributed by atoms with Crippen molar-refractivity contribution in [1.82, 2.24) is 10.3 Å². The summed E-state index contributed by atoms with van der Waals surface area (Å²) in [5.74, 6) is -1.46. The van der Waals surface area contributed by atoms with Crippen LogP contribution in [-0.4, -0.2) is 14.3 Å². The Morgan fingerprint density at radius 2 is 1.92 bits per heavy atom. The highest BCUT2D eigenvalue weighted by molar-refractivity contribution is 7.89. The Kier molecular flexibility index (Phi) is 4.51. The number of aryl methyl sites for hydroxylation is 1. The van der Waals surface area contributed by atoms with Gasteiger partial charge in [0, 0.05) is 10.9 Å². The number of rotatable bonds is 4. The number of amides is 1. The molecule has 0 atom stereocenters. The Hall–Kier alpha value is -2.42. The van der Waals surface area contributed by atoms with Crippen LogP contribution in [0.1, 0.15) is 16.1 Å². The Morgan fingerprint density at radius 3 is 2.60 bits per heavy atom. The van der Waals surface area contributed by atoms with E-state index in [2.05, 4.69) is 5.43 Å². The van der Waals surface area contributed by atoms with E-state index in [0.717, 1.165) is 23.6 Å². The number of nitrogens with one attached hydrogen (secondary N) is 2. The first-order valence-electron chi connectivity index (χ1n) is 7.05. The second kappa shape index (κ2) is 6.47. The van der Waals surface area contributed by atoms with Gasteiger partial charge in [-0.3, -0.25) is 10.2 Å². The molecule has 1 amide bonds. The third-order valence-corrected chi connectivity index (χ3v) is 5.26. The lowest BCUT2D eigenvalue weighted by Crippen LogP contribution is -2.41. The summed E-state index contributed by atoms with van der Waals surface area (Å²) >= 11 is 5.73. The number of hydrazine groups is 1. The van der Waals surface area contributed by atoms with E-state index in [0.29, 0.717) is 11.1 Å². The van der Waals surface area contributed by atoms with Gasteiger partial charge in [-0.05, 0) is 31.2 Å². The number of carbonyl (C=O) groups is 1. The molecule has 0 aliphatic rings. The minimum atomic E-state index is -4.18. The van der Waals surface area contributed by atoms with Gasteiger partial charge in [0.1, 0.15) is 16.3 Å². The third-order valence-electron chi connectivity index (χ3n) is 3.53. The van der Waals surface area contributed by atoms with Gasteiger partial charge in [-0.1, -0.05) is 29.8 Å². The fourth-order valence-electron chi connectivity index (χ4n) is 2.31. The lowest BCUT2D eigenvalue weighted by Gasteiger charge is -2.09. The van der Waals surface area contributed by atoms with Crippen LogP contribution in [-0.2, 0) is 10.0 Å². The average molecular weight is 383 g/mol. The Bertz CT molecular complexity index is 1080. The highest BCUT2D eigenvalue weighted by Gasteiger charge is 2.22. The number of furan rings is 1. The molecule has 2 N–H and O–H groups in total. The molecule has 0 saturated heterocycles. The molecule has 0 spiro atoms. The molecule has 0 saturated carbocycles. The van der Waals surface area contributed by atoms with Crippen LogP contribution in [0.15, 0.2) is 51.8 Å². The monoisotopic (exact) mass is 382 g/mol. The highest BCUT2D eigenvalue weighted by Crippen LogP contribution is 2.25. The Balaban J connectivity index is 1.82. The van der Waals surface area contributed by atoms with Crippen LogP contribution in [0.2, 0.25) is 5.02 Å². The molecule has 25 heavy (non-hydrogen) atoms. The van der Waals surface area contributed by atoms with Crippen molar-refractivity contribution in [2.45, 2.75) is 11.8 Å². The molecule has 0 radical (unpaired) electrons. The van der Waals surface area contributed by atoms with E-state index < -0.39 is 21.7 Å². The lowest BCUT2D eigenvalue weighted by molar-refractivity contribution is 0.0918. The average Bonchev–Trinajstić information content (AvgIpc) is 2.90. The van der Waals surface area contributed by atoms with E-state index in [-0.39, 0.29) is 15.7 Å². The normalized spacial score (nSPS) is 11.6. The predicted octanol–water partition coefficient (Wildman–Crippen LogP) is 3.16.